The van der Waals surface area contributed by atoms with Crippen molar-refractivity contribution >= 4 is 34.2 Å². The van der Waals surface area contributed by atoms with Gasteiger partial charge < -0.3 is 0 Å². The van der Waals surface area contributed by atoms with Gasteiger partial charge in [0.05, 0.1) is 5.41 Å². The molecule has 2 aromatic carbocycles. The van der Waals surface area contributed by atoms with Crippen molar-refractivity contribution in [1.29, 1.82) is 0 Å². The largest absolute Gasteiger partial charge is 0.269 e. The lowest BCUT2D eigenvalue weighted by Crippen LogP contribution is -2.26. The minimum Gasteiger partial charge on any atom is -0.269 e. The molecule has 4 nitrogen and oxygen atoms in total. The van der Waals surface area contributed by atoms with Crippen molar-refractivity contribution in [3.63, 3.8) is 0 Å². The summed E-state index contributed by atoms with van der Waals surface area (Å²) >= 11 is 0. The maximum Gasteiger partial charge on any atom is 0.257 e. The summed E-state index contributed by atoms with van der Waals surface area (Å²) in [6.07, 6.45) is 5.95. The van der Waals surface area contributed by atoms with E-state index in [4.69, 9.17) is 0 Å². The zero-order valence-corrected chi connectivity index (χ0v) is 15.2. The van der Waals surface area contributed by atoms with E-state index in [1.165, 1.54) is 6.08 Å². The van der Waals surface area contributed by atoms with E-state index in [2.05, 4.69) is 19.7 Å². The molecule has 0 heterocycles. The molecule has 2 rings (SSSR count). The Kier molecular flexibility index (Phi) is 8.54. The Hall–Kier alpha value is -3.18. The number of carbonyl (C=O) groups is 1. The van der Waals surface area contributed by atoms with Crippen LogP contribution in [0, 0.1) is 0 Å². The number of rotatable bonds is 6. The molecule has 26 heavy (non-hydrogen) atoms. The van der Waals surface area contributed by atoms with Gasteiger partial charge >= 0.3 is 0 Å². The third kappa shape index (κ3) is 8.08. The first-order valence-electron chi connectivity index (χ1n) is 7.67. The number of nitrogens with one attached hydrogen (secondary N) is 1. The quantitative estimate of drug-likeness (QED) is 0.776. The summed E-state index contributed by atoms with van der Waals surface area (Å²) < 4.78 is 24.4. The van der Waals surface area contributed by atoms with Crippen molar-refractivity contribution < 1.29 is 13.2 Å². The second kappa shape index (κ2) is 10.6. The molecule has 0 aliphatic carbocycles. The van der Waals surface area contributed by atoms with Crippen LogP contribution in [0.5, 0.6) is 0 Å². The van der Waals surface area contributed by atoms with Crippen LogP contribution in [0.15, 0.2) is 85.8 Å². The van der Waals surface area contributed by atoms with Gasteiger partial charge in [-0.1, -0.05) is 86.5 Å². The molecule has 0 atom stereocenters. The monoisotopic (exact) mass is 367 g/mol. The fourth-order valence-electron chi connectivity index (χ4n) is 1.72. The zero-order valence-electron chi connectivity index (χ0n) is 14.3. The molecule has 134 valence electrons. The highest BCUT2D eigenvalue weighted by molar-refractivity contribution is 7.93. The normalized spacial score (nSPS) is 10.3. The molecular weight excluding hydrogens is 346 g/mol. The highest BCUT2D eigenvalue weighted by Gasteiger charge is 2.07. The first-order valence-corrected chi connectivity index (χ1v) is 9.22. The Morgan fingerprint density at radius 2 is 1.31 bits per heavy atom. The van der Waals surface area contributed by atoms with Gasteiger partial charge in [0.15, 0.2) is 0 Å². The van der Waals surface area contributed by atoms with Gasteiger partial charge in [-0.25, -0.2) is 13.1 Å². The van der Waals surface area contributed by atoms with Gasteiger partial charge in [-0.15, -0.1) is 0 Å². The fraction of sp³-hybridized carbons (Fsp3) is 0. The number of hydrogen-bond donors (Lipinski definition) is 1. The SMILES string of the molecule is C=CC(=O)NS(=O)(=O)C=Cc1ccccc1.C=Cc1ccc(C=C)cc1. The number of carbonyl (C=O) groups excluding carboxylic acids is 1. The third-order valence-electron chi connectivity index (χ3n) is 3.08. The van der Waals surface area contributed by atoms with Gasteiger partial charge in [0.25, 0.3) is 15.9 Å². The standard InChI is InChI=1S/C11H11NO3S.C10H10/c1-2-11(13)12-16(14,15)9-8-10-6-4-3-5-7-10;1-3-9-5-7-10(4-2)8-6-9/h2-9H,1H2,(H,12,13);3-8H,1-2H2. The fourth-order valence-corrected chi connectivity index (χ4v) is 2.48. The average molecular weight is 367 g/mol. The maximum atomic E-state index is 11.3. The van der Waals surface area contributed by atoms with Crippen LogP contribution in [0.3, 0.4) is 0 Å². The molecular formula is C21H21NO3S. The molecule has 0 aliphatic heterocycles. The molecule has 0 saturated carbocycles. The van der Waals surface area contributed by atoms with Crippen molar-refractivity contribution in [1.82, 2.24) is 4.72 Å². The van der Waals surface area contributed by atoms with Gasteiger partial charge in [0, 0.05) is 0 Å². The van der Waals surface area contributed by atoms with Gasteiger partial charge in [0.2, 0.25) is 0 Å². The number of amides is 1. The van der Waals surface area contributed by atoms with Crippen LogP contribution in [0.2, 0.25) is 0 Å². The molecule has 0 fully saturated rings. The zero-order chi connectivity index (χ0) is 19.4. The third-order valence-corrected chi connectivity index (χ3v) is 4.06. The first kappa shape index (κ1) is 20.9. The van der Waals surface area contributed by atoms with Crippen LogP contribution in [-0.4, -0.2) is 14.3 Å². The molecule has 1 N–H and O–H groups in total. The molecule has 2 aromatic rings. The summed E-state index contributed by atoms with van der Waals surface area (Å²) in [5.74, 6) is -0.752. The maximum absolute atomic E-state index is 11.3. The van der Waals surface area contributed by atoms with Gasteiger partial charge in [0.1, 0.15) is 0 Å². The predicted octanol–water partition coefficient (Wildman–Crippen LogP) is 4.26. The molecule has 0 spiro atoms. The lowest BCUT2D eigenvalue weighted by atomic mass is 10.1. The molecule has 0 unspecified atom stereocenters. The second-order valence-corrected chi connectivity index (χ2v) is 6.57. The Labute approximate surface area is 154 Å². The summed E-state index contributed by atoms with van der Waals surface area (Å²) in [7, 11) is -3.74. The lowest BCUT2D eigenvalue weighted by molar-refractivity contribution is -0.114. The van der Waals surface area contributed by atoms with Gasteiger partial charge in [-0.3, -0.25) is 4.79 Å². The summed E-state index contributed by atoms with van der Waals surface area (Å²) in [4.78, 5) is 10.8. The minimum atomic E-state index is -3.74. The average Bonchev–Trinajstić information content (AvgIpc) is 2.67. The predicted molar refractivity (Wildman–Crippen MR) is 109 cm³/mol. The van der Waals surface area contributed by atoms with E-state index in [1.54, 1.807) is 29.0 Å². The molecule has 0 aromatic heterocycles. The van der Waals surface area contributed by atoms with Crippen LogP contribution < -0.4 is 4.72 Å². The van der Waals surface area contributed by atoms with E-state index < -0.39 is 15.9 Å². The Morgan fingerprint density at radius 3 is 1.73 bits per heavy atom. The van der Waals surface area contributed by atoms with E-state index in [-0.39, 0.29) is 0 Å². The van der Waals surface area contributed by atoms with Crippen molar-refractivity contribution in [3.8, 4) is 0 Å². The molecule has 5 heteroatoms. The van der Waals surface area contributed by atoms with E-state index >= 15 is 0 Å². The van der Waals surface area contributed by atoms with Crippen molar-refractivity contribution in [3.05, 3.63) is 103 Å². The number of sulfonamides is 1. The number of benzene rings is 2. The summed E-state index contributed by atoms with van der Waals surface area (Å²) in [6, 6.07) is 17.0. The minimum absolute atomic E-state index is 0.735. The summed E-state index contributed by atoms with van der Waals surface area (Å²) in [6.45, 7) is 10.5. The van der Waals surface area contributed by atoms with E-state index in [9.17, 15) is 13.2 Å². The van der Waals surface area contributed by atoms with Crippen molar-refractivity contribution in [2.24, 2.45) is 0 Å². The van der Waals surface area contributed by atoms with Crippen LogP contribution in [0.4, 0.5) is 0 Å². The van der Waals surface area contributed by atoms with Crippen LogP contribution in [-0.2, 0) is 14.8 Å². The second-order valence-electron chi connectivity index (χ2n) is 5.00. The molecule has 1 amide bonds. The Bertz CT molecular complexity index is 854. The highest BCUT2D eigenvalue weighted by atomic mass is 32.2. The Morgan fingerprint density at radius 1 is 0.808 bits per heavy atom. The van der Waals surface area contributed by atoms with Crippen molar-refractivity contribution in [2.75, 3.05) is 0 Å². The van der Waals surface area contributed by atoms with E-state index in [1.807, 2.05) is 42.5 Å². The van der Waals surface area contributed by atoms with Gasteiger partial charge in [-0.05, 0) is 28.8 Å². The van der Waals surface area contributed by atoms with Crippen LogP contribution in [0.1, 0.15) is 16.7 Å². The molecule has 0 radical (unpaired) electrons. The summed E-state index contributed by atoms with van der Waals surface area (Å²) in [5.41, 5.74) is 3.02. The van der Waals surface area contributed by atoms with Gasteiger partial charge in [-0.2, -0.15) is 0 Å². The van der Waals surface area contributed by atoms with Crippen molar-refractivity contribution in [2.45, 2.75) is 0 Å². The number of hydrogen-bond acceptors (Lipinski definition) is 3. The highest BCUT2D eigenvalue weighted by Crippen LogP contribution is 2.05. The summed E-state index contributed by atoms with van der Waals surface area (Å²) in [5, 5.41) is 0.934. The smallest absolute Gasteiger partial charge is 0.257 e. The van der Waals surface area contributed by atoms with Crippen LogP contribution >= 0.6 is 0 Å². The molecule has 0 aliphatic rings. The van der Waals surface area contributed by atoms with Crippen LogP contribution in [0.25, 0.3) is 18.2 Å². The topological polar surface area (TPSA) is 63.2 Å². The first-order chi connectivity index (χ1) is 12.4. The molecule has 0 saturated heterocycles. The lowest BCUT2D eigenvalue weighted by Gasteiger charge is -1.98. The Balaban J connectivity index is 0.000000289. The van der Waals surface area contributed by atoms with E-state index in [0.717, 1.165) is 28.2 Å². The van der Waals surface area contributed by atoms with E-state index in [0.29, 0.717) is 0 Å². The molecule has 0 bridgehead atoms.